The van der Waals surface area contributed by atoms with Gasteiger partial charge < -0.3 is 14.5 Å². The van der Waals surface area contributed by atoms with Crippen LogP contribution in [0.5, 0.6) is 11.5 Å². The third-order valence-electron chi connectivity index (χ3n) is 12.1. The summed E-state index contributed by atoms with van der Waals surface area (Å²) in [6.45, 7) is 13.8. The van der Waals surface area contributed by atoms with E-state index in [-0.39, 0.29) is 5.41 Å². The van der Waals surface area contributed by atoms with Gasteiger partial charge in [-0.3, -0.25) is 4.57 Å². The summed E-state index contributed by atoms with van der Waals surface area (Å²) in [6, 6.07) is 54.8. The van der Waals surface area contributed by atoms with Gasteiger partial charge in [0.25, 0.3) is 0 Å². The average Bonchev–Trinajstić information content (AvgIpc) is 3.78. The van der Waals surface area contributed by atoms with Gasteiger partial charge in [0.05, 0.1) is 33.8 Å². The van der Waals surface area contributed by atoms with E-state index in [9.17, 15) is 0 Å². The van der Waals surface area contributed by atoms with Gasteiger partial charge in [0, 0.05) is 51.4 Å². The van der Waals surface area contributed by atoms with E-state index in [4.69, 9.17) is 14.7 Å². The zero-order valence-electron chi connectivity index (χ0n) is 34.8. The van der Waals surface area contributed by atoms with Gasteiger partial charge in [-0.1, -0.05) is 123 Å². The number of fused-ring (bicyclic) bond motifs is 20. The fraction of sp³-hybridized carbons (Fsp3) is 0.148. The SMILES string of the molecule is Cc1cc(C)cc(-c2cccc3c2N2CN(c4cc(cc(C)n4)Oc4ccc5c6ccccc6n(c5c4)-c4cc(C(C)(C)C)cc(n4)-c4ccccc4-3)c3ccccc32)c1. The van der Waals surface area contributed by atoms with Gasteiger partial charge in [0.1, 0.15) is 29.8 Å². The summed E-state index contributed by atoms with van der Waals surface area (Å²) in [4.78, 5) is 15.6. The van der Waals surface area contributed by atoms with Crippen LogP contribution in [0.4, 0.5) is 22.9 Å². The maximum absolute atomic E-state index is 6.82. The molecule has 0 unspecified atom stereocenters. The average molecular weight is 780 g/mol. The molecular weight excluding hydrogens is 735 g/mol. The molecule has 0 aliphatic carbocycles. The van der Waals surface area contributed by atoms with Gasteiger partial charge in [-0.15, -0.1) is 0 Å². The molecule has 8 bridgehead atoms. The minimum atomic E-state index is -0.154. The molecule has 0 spiro atoms. The zero-order valence-corrected chi connectivity index (χ0v) is 34.8. The molecule has 6 nitrogen and oxygen atoms in total. The van der Waals surface area contributed by atoms with Crippen LogP contribution in [-0.4, -0.2) is 21.2 Å². The minimum absolute atomic E-state index is 0.154. The van der Waals surface area contributed by atoms with Crippen LogP contribution in [0, 0.1) is 20.8 Å². The second-order valence-corrected chi connectivity index (χ2v) is 17.4. The first kappa shape index (κ1) is 35.9. The third kappa shape index (κ3) is 5.85. The Morgan fingerprint density at radius 1 is 0.517 bits per heavy atom. The van der Waals surface area contributed by atoms with Crippen LogP contribution >= 0.6 is 0 Å². The van der Waals surface area contributed by atoms with E-state index in [1.807, 2.05) is 13.0 Å². The van der Waals surface area contributed by atoms with Crippen molar-refractivity contribution in [3.63, 3.8) is 0 Å². The van der Waals surface area contributed by atoms with Crippen molar-refractivity contribution in [3.05, 3.63) is 174 Å². The van der Waals surface area contributed by atoms with E-state index in [2.05, 4.69) is 195 Å². The second kappa shape index (κ2) is 13.4. The molecule has 5 heterocycles. The number of rotatable bonds is 1. The van der Waals surface area contributed by atoms with E-state index in [0.29, 0.717) is 6.67 Å². The number of ether oxygens (including phenoxy) is 1. The van der Waals surface area contributed by atoms with E-state index in [1.54, 1.807) is 0 Å². The monoisotopic (exact) mass is 779 g/mol. The van der Waals surface area contributed by atoms with Gasteiger partial charge >= 0.3 is 0 Å². The Hall–Kier alpha value is -7.18. The fourth-order valence-corrected chi connectivity index (χ4v) is 9.37. The molecule has 11 rings (SSSR count). The van der Waals surface area contributed by atoms with Crippen molar-refractivity contribution < 1.29 is 4.74 Å². The van der Waals surface area contributed by atoms with E-state index < -0.39 is 0 Å². The Kier molecular flexibility index (Phi) is 8.05. The highest BCUT2D eigenvalue weighted by atomic mass is 16.5. The summed E-state index contributed by atoms with van der Waals surface area (Å²) in [5.41, 5.74) is 16.5. The van der Waals surface area contributed by atoms with Crippen molar-refractivity contribution in [1.29, 1.82) is 0 Å². The van der Waals surface area contributed by atoms with Crippen LogP contribution in [0.25, 0.3) is 61.1 Å². The van der Waals surface area contributed by atoms with Crippen molar-refractivity contribution in [1.82, 2.24) is 14.5 Å². The third-order valence-corrected chi connectivity index (χ3v) is 12.1. The number of aromatic nitrogens is 3. The molecule has 2 aliphatic heterocycles. The number of aryl methyl sites for hydroxylation is 3. The quantitative estimate of drug-likeness (QED) is 0.166. The smallest absolute Gasteiger partial charge is 0.138 e. The van der Waals surface area contributed by atoms with E-state index in [1.165, 1.54) is 27.6 Å². The van der Waals surface area contributed by atoms with Crippen molar-refractivity contribution in [3.8, 4) is 50.8 Å². The lowest BCUT2D eigenvalue weighted by molar-refractivity contribution is 0.482. The number of anilines is 4. The van der Waals surface area contributed by atoms with Crippen molar-refractivity contribution in [2.24, 2.45) is 0 Å². The summed E-state index contributed by atoms with van der Waals surface area (Å²) in [5.74, 6) is 3.18. The summed E-state index contributed by atoms with van der Waals surface area (Å²) >= 11 is 0. The number of hydrogen-bond donors (Lipinski definition) is 0. The molecule has 0 saturated carbocycles. The lowest BCUT2D eigenvalue weighted by Crippen LogP contribution is -2.25. The summed E-state index contributed by atoms with van der Waals surface area (Å²) in [7, 11) is 0. The Labute approximate surface area is 351 Å². The van der Waals surface area contributed by atoms with Crippen LogP contribution in [0.15, 0.2) is 152 Å². The maximum Gasteiger partial charge on any atom is 0.138 e. The van der Waals surface area contributed by atoms with Crippen LogP contribution in [0.3, 0.4) is 0 Å². The number of nitrogens with zero attached hydrogens (tertiary/aromatic N) is 5. The molecule has 3 aromatic heterocycles. The Balaban J connectivity index is 1.28. The van der Waals surface area contributed by atoms with Crippen molar-refractivity contribution in [2.75, 3.05) is 16.5 Å². The van der Waals surface area contributed by atoms with E-state index in [0.717, 1.165) is 90.3 Å². The van der Waals surface area contributed by atoms with E-state index >= 15 is 0 Å². The second-order valence-electron chi connectivity index (χ2n) is 17.4. The Bertz CT molecular complexity index is 3190. The largest absolute Gasteiger partial charge is 0.457 e. The maximum atomic E-state index is 6.82. The van der Waals surface area contributed by atoms with Crippen LogP contribution < -0.4 is 14.5 Å². The molecular formula is C54H45N5O. The highest BCUT2D eigenvalue weighted by Gasteiger charge is 2.33. The number of hydrogen-bond acceptors (Lipinski definition) is 5. The molecule has 9 aromatic rings. The first-order valence-corrected chi connectivity index (χ1v) is 20.8. The lowest BCUT2D eigenvalue weighted by atomic mass is 9.85. The molecule has 0 saturated heterocycles. The predicted molar refractivity (Wildman–Crippen MR) is 248 cm³/mol. The number of pyridine rings is 2. The van der Waals surface area contributed by atoms with Crippen LogP contribution in [-0.2, 0) is 5.41 Å². The van der Waals surface area contributed by atoms with Crippen molar-refractivity contribution >= 4 is 44.7 Å². The Morgan fingerprint density at radius 3 is 2.00 bits per heavy atom. The van der Waals surface area contributed by atoms with Crippen molar-refractivity contribution in [2.45, 2.75) is 47.0 Å². The molecule has 0 radical (unpaired) electrons. The van der Waals surface area contributed by atoms with Gasteiger partial charge in [0.2, 0.25) is 0 Å². The molecule has 6 aromatic carbocycles. The topological polar surface area (TPSA) is 46.4 Å². The molecule has 6 heteroatoms. The molecule has 0 N–H and O–H groups in total. The first-order chi connectivity index (χ1) is 29.1. The molecule has 0 fully saturated rings. The summed E-state index contributed by atoms with van der Waals surface area (Å²) in [6.07, 6.45) is 0. The zero-order chi connectivity index (χ0) is 40.9. The first-order valence-electron chi connectivity index (χ1n) is 20.8. The molecule has 0 amide bonds. The van der Waals surface area contributed by atoms with Gasteiger partial charge in [0.15, 0.2) is 0 Å². The standard InChI is InChI=1S/C54H45N5O/c1-33-24-34(2)26-36(25-33)40-17-13-18-45-41-14-7-8-15-42(41)46-28-37(54(4,5)6)29-52(56-46)59-47-19-10-9-16-43(47)44-23-22-38(30-50(44)59)60-39-27-35(3)55-51(31-39)57-32-58(53(40)45)49-21-12-11-20-48(49)57/h7-31H,32H2,1-6H3. The van der Waals surface area contributed by atoms with Gasteiger partial charge in [-0.05, 0) is 85.3 Å². The molecule has 60 heavy (non-hydrogen) atoms. The Morgan fingerprint density at radius 2 is 1.20 bits per heavy atom. The molecule has 292 valence electrons. The predicted octanol–water partition coefficient (Wildman–Crippen LogP) is 14.2. The highest BCUT2D eigenvalue weighted by Crippen LogP contribution is 2.51. The van der Waals surface area contributed by atoms with Gasteiger partial charge in [-0.2, -0.15) is 0 Å². The summed E-state index contributed by atoms with van der Waals surface area (Å²) in [5, 5.41) is 2.31. The van der Waals surface area contributed by atoms with Crippen LogP contribution in [0.2, 0.25) is 0 Å². The van der Waals surface area contributed by atoms with Crippen LogP contribution in [0.1, 0.15) is 43.2 Å². The van der Waals surface area contributed by atoms with Gasteiger partial charge in [-0.25, -0.2) is 9.97 Å². The normalized spacial score (nSPS) is 13.2. The minimum Gasteiger partial charge on any atom is -0.457 e. The molecule has 2 aliphatic rings. The highest BCUT2D eigenvalue weighted by molar-refractivity contribution is 6.09. The fourth-order valence-electron chi connectivity index (χ4n) is 9.37. The number of benzene rings is 6. The summed E-state index contributed by atoms with van der Waals surface area (Å²) < 4.78 is 9.13. The number of para-hydroxylation sites is 4. The molecule has 0 atom stereocenters. The lowest BCUT2D eigenvalue weighted by Gasteiger charge is -2.28.